The average molecular weight is 156 g/mol. The molecule has 0 aromatic heterocycles. The van der Waals surface area contributed by atoms with Crippen LogP contribution in [0.3, 0.4) is 0 Å². The van der Waals surface area contributed by atoms with Gasteiger partial charge in [-0.1, -0.05) is 18.2 Å². The van der Waals surface area contributed by atoms with Crippen LogP contribution in [-0.4, -0.2) is 19.9 Å². The van der Waals surface area contributed by atoms with E-state index in [1.54, 1.807) is 12.2 Å². The van der Waals surface area contributed by atoms with Gasteiger partial charge in [0.05, 0.1) is 7.11 Å². The Morgan fingerprint density at radius 1 is 1.64 bits per heavy atom. The van der Waals surface area contributed by atoms with Crippen molar-refractivity contribution in [1.82, 2.24) is 0 Å². The highest BCUT2D eigenvalue weighted by atomic mass is 16.7. The zero-order chi connectivity index (χ0) is 8.69. The van der Waals surface area contributed by atoms with Gasteiger partial charge in [-0.05, 0) is 13.0 Å². The van der Waals surface area contributed by atoms with Crippen LogP contribution >= 0.6 is 0 Å². The number of ether oxygens (including phenoxy) is 2. The van der Waals surface area contributed by atoms with Crippen LogP contribution in [0, 0.1) is 0 Å². The van der Waals surface area contributed by atoms with Crippen LogP contribution in [0.2, 0.25) is 0 Å². The molecule has 0 aromatic carbocycles. The van der Waals surface area contributed by atoms with Gasteiger partial charge >= 0.3 is 6.16 Å². The van der Waals surface area contributed by atoms with E-state index in [4.69, 9.17) is 0 Å². The predicted molar refractivity (Wildman–Crippen MR) is 42.3 cm³/mol. The molecule has 0 aliphatic heterocycles. The summed E-state index contributed by atoms with van der Waals surface area (Å²) in [6.45, 7) is 5.71. The van der Waals surface area contributed by atoms with E-state index in [1.165, 1.54) is 7.11 Å². The number of rotatable bonds is 3. The minimum atomic E-state index is -0.670. The number of methoxy groups -OCH3 is 1. The third kappa shape index (κ3) is 6.64. The molecule has 0 heterocycles. The van der Waals surface area contributed by atoms with Crippen molar-refractivity contribution in [2.24, 2.45) is 0 Å². The van der Waals surface area contributed by atoms with Gasteiger partial charge in [-0.2, -0.15) is 0 Å². The first-order valence-electron chi connectivity index (χ1n) is 3.19. The fraction of sp³-hybridized carbons (Fsp3) is 0.375. The number of carbonyl (C=O) groups is 1. The van der Waals surface area contributed by atoms with Gasteiger partial charge < -0.3 is 9.47 Å². The molecule has 0 rings (SSSR count). The second kappa shape index (κ2) is 5.53. The molecule has 11 heavy (non-hydrogen) atoms. The van der Waals surface area contributed by atoms with Crippen molar-refractivity contribution in [3.05, 3.63) is 24.3 Å². The summed E-state index contributed by atoms with van der Waals surface area (Å²) in [5, 5.41) is 0. The lowest BCUT2D eigenvalue weighted by Gasteiger charge is -1.97. The van der Waals surface area contributed by atoms with Crippen molar-refractivity contribution in [3.8, 4) is 0 Å². The summed E-state index contributed by atoms with van der Waals surface area (Å²) in [7, 11) is 1.27. The summed E-state index contributed by atoms with van der Waals surface area (Å²) < 4.78 is 8.79. The molecule has 3 nitrogen and oxygen atoms in total. The minimum Gasteiger partial charge on any atom is -0.438 e. The van der Waals surface area contributed by atoms with Gasteiger partial charge in [0.2, 0.25) is 0 Å². The Morgan fingerprint density at radius 2 is 2.27 bits per heavy atom. The summed E-state index contributed by atoms with van der Waals surface area (Å²) >= 11 is 0. The SMILES string of the molecule is C=C(C)/C=C/COC(=O)OC. The monoisotopic (exact) mass is 156 g/mol. The summed E-state index contributed by atoms with van der Waals surface area (Å²) in [6.07, 6.45) is 2.79. The number of hydrogen-bond acceptors (Lipinski definition) is 3. The molecule has 0 N–H and O–H groups in total. The third-order valence-corrected chi connectivity index (χ3v) is 0.866. The molecule has 0 fully saturated rings. The lowest BCUT2D eigenvalue weighted by atomic mass is 10.3. The smallest absolute Gasteiger partial charge is 0.438 e. The lowest BCUT2D eigenvalue weighted by Crippen LogP contribution is -2.03. The van der Waals surface area contributed by atoms with E-state index in [0.29, 0.717) is 0 Å². The van der Waals surface area contributed by atoms with E-state index in [-0.39, 0.29) is 6.61 Å². The van der Waals surface area contributed by atoms with Crippen molar-refractivity contribution in [2.45, 2.75) is 6.92 Å². The summed E-state index contributed by atoms with van der Waals surface area (Å²) in [5.74, 6) is 0. The van der Waals surface area contributed by atoms with Gasteiger partial charge in [0.1, 0.15) is 6.61 Å². The maximum Gasteiger partial charge on any atom is 0.508 e. The van der Waals surface area contributed by atoms with Gasteiger partial charge in [-0.25, -0.2) is 4.79 Å². The van der Waals surface area contributed by atoms with Crippen LogP contribution in [0.15, 0.2) is 24.3 Å². The normalized spacial score (nSPS) is 9.64. The van der Waals surface area contributed by atoms with Gasteiger partial charge in [-0.3, -0.25) is 0 Å². The van der Waals surface area contributed by atoms with E-state index in [1.807, 2.05) is 6.92 Å². The summed E-state index contributed by atoms with van der Waals surface area (Å²) in [6, 6.07) is 0. The third-order valence-electron chi connectivity index (χ3n) is 0.866. The predicted octanol–water partition coefficient (Wildman–Crippen LogP) is 1.90. The molecule has 0 saturated heterocycles. The maximum absolute atomic E-state index is 10.4. The first-order chi connectivity index (χ1) is 5.16. The molecular weight excluding hydrogens is 144 g/mol. The Hall–Kier alpha value is -1.25. The Labute approximate surface area is 66.3 Å². The van der Waals surface area contributed by atoms with E-state index in [2.05, 4.69) is 16.1 Å². The molecule has 0 bridgehead atoms. The number of hydrogen-bond donors (Lipinski definition) is 0. The molecular formula is C8H12O3. The van der Waals surface area contributed by atoms with Gasteiger partial charge in [-0.15, -0.1) is 0 Å². The van der Waals surface area contributed by atoms with Crippen LogP contribution < -0.4 is 0 Å². The van der Waals surface area contributed by atoms with Gasteiger partial charge in [0.25, 0.3) is 0 Å². The molecule has 0 saturated carbocycles. The Morgan fingerprint density at radius 3 is 2.73 bits per heavy atom. The molecule has 0 atom stereocenters. The first kappa shape index (κ1) is 9.75. The fourth-order valence-corrected chi connectivity index (χ4v) is 0.424. The number of allylic oxidation sites excluding steroid dienone is 2. The second-order valence-electron chi connectivity index (χ2n) is 2.01. The van der Waals surface area contributed by atoms with Crippen molar-refractivity contribution in [3.63, 3.8) is 0 Å². The second-order valence-corrected chi connectivity index (χ2v) is 2.01. The molecule has 0 aromatic rings. The average Bonchev–Trinajstić information content (AvgIpc) is 1.97. The van der Waals surface area contributed by atoms with Crippen LogP contribution in [-0.2, 0) is 9.47 Å². The molecule has 0 radical (unpaired) electrons. The van der Waals surface area contributed by atoms with Crippen molar-refractivity contribution >= 4 is 6.16 Å². The summed E-state index contributed by atoms with van der Waals surface area (Å²) in [4.78, 5) is 10.4. The van der Waals surface area contributed by atoms with Crippen LogP contribution in [0.5, 0.6) is 0 Å². The molecule has 3 heteroatoms. The number of carbonyl (C=O) groups excluding carboxylic acids is 1. The van der Waals surface area contributed by atoms with Crippen LogP contribution in [0.4, 0.5) is 4.79 Å². The van der Waals surface area contributed by atoms with E-state index < -0.39 is 6.16 Å². The molecule has 0 amide bonds. The maximum atomic E-state index is 10.4. The first-order valence-corrected chi connectivity index (χ1v) is 3.19. The molecule has 0 unspecified atom stereocenters. The minimum absolute atomic E-state index is 0.222. The quantitative estimate of drug-likeness (QED) is 0.462. The topological polar surface area (TPSA) is 35.5 Å². The highest BCUT2D eigenvalue weighted by molar-refractivity contribution is 5.59. The molecule has 0 aliphatic carbocycles. The molecule has 62 valence electrons. The standard InChI is InChI=1S/C8H12O3/c1-7(2)5-4-6-11-8(9)10-3/h4-5H,1,6H2,2-3H3/b5-4+. The molecule has 0 aliphatic rings. The van der Waals surface area contributed by atoms with Gasteiger partial charge in [0, 0.05) is 0 Å². The van der Waals surface area contributed by atoms with Crippen LogP contribution in [0.1, 0.15) is 6.92 Å². The Bertz CT molecular complexity index is 170. The fourth-order valence-electron chi connectivity index (χ4n) is 0.424. The summed E-state index contributed by atoms with van der Waals surface area (Å²) in [5.41, 5.74) is 0.915. The van der Waals surface area contributed by atoms with E-state index in [0.717, 1.165) is 5.57 Å². The largest absolute Gasteiger partial charge is 0.508 e. The van der Waals surface area contributed by atoms with Crippen molar-refractivity contribution < 1.29 is 14.3 Å². The van der Waals surface area contributed by atoms with Crippen molar-refractivity contribution in [1.29, 1.82) is 0 Å². The van der Waals surface area contributed by atoms with Gasteiger partial charge in [0.15, 0.2) is 0 Å². The van der Waals surface area contributed by atoms with Crippen LogP contribution in [0.25, 0.3) is 0 Å². The highest BCUT2D eigenvalue weighted by Crippen LogP contribution is 1.89. The lowest BCUT2D eigenvalue weighted by molar-refractivity contribution is 0.0818. The van der Waals surface area contributed by atoms with Crippen molar-refractivity contribution in [2.75, 3.05) is 13.7 Å². The zero-order valence-electron chi connectivity index (χ0n) is 6.79. The van der Waals surface area contributed by atoms with E-state index in [9.17, 15) is 4.79 Å². The van der Waals surface area contributed by atoms with E-state index >= 15 is 0 Å². The zero-order valence-corrected chi connectivity index (χ0v) is 6.79. The Balaban J connectivity index is 3.41. The highest BCUT2D eigenvalue weighted by Gasteiger charge is 1.94. The molecule has 0 spiro atoms. The Kier molecular flexibility index (Phi) is 4.90.